The predicted octanol–water partition coefficient (Wildman–Crippen LogP) is 0.153. The van der Waals surface area contributed by atoms with Crippen LogP contribution in [0.1, 0.15) is 20.8 Å². The summed E-state index contributed by atoms with van der Waals surface area (Å²) in [5, 5.41) is 0. The molecule has 0 saturated heterocycles. The van der Waals surface area contributed by atoms with Crippen LogP contribution in [-0.2, 0) is 10.1 Å². The van der Waals surface area contributed by atoms with Gasteiger partial charge in [-0.15, -0.1) is 0 Å². The van der Waals surface area contributed by atoms with Crippen LogP contribution in [0.15, 0.2) is 22.9 Å². The van der Waals surface area contributed by atoms with Gasteiger partial charge in [0.25, 0.3) is 10.1 Å². The van der Waals surface area contributed by atoms with Crippen LogP contribution in [0.5, 0.6) is 0 Å². The van der Waals surface area contributed by atoms with Crippen LogP contribution < -0.4 is 11.5 Å². The van der Waals surface area contributed by atoms with E-state index in [1.807, 2.05) is 0 Å². The van der Waals surface area contributed by atoms with Gasteiger partial charge in [0.15, 0.2) is 0 Å². The summed E-state index contributed by atoms with van der Waals surface area (Å²) in [7, 11) is -4.25. The van der Waals surface area contributed by atoms with Gasteiger partial charge in [0.2, 0.25) is 0 Å². The number of nitrogens with two attached hydrogens (primary N) is 2. The van der Waals surface area contributed by atoms with Crippen molar-refractivity contribution in [2.45, 2.75) is 31.6 Å². The maximum atomic E-state index is 11.3. The second kappa shape index (κ2) is 3.33. The van der Waals surface area contributed by atoms with Crippen molar-refractivity contribution in [2.24, 2.45) is 11.5 Å². The summed E-state index contributed by atoms with van der Waals surface area (Å²) in [5.41, 5.74) is 13.2. The van der Waals surface area contributed by atoms with Gasteiger partial charge >= 0.3 is 0 Å². The summed E-state index contributed by atoms with van der Waals surface area (Å²) in [4.78, 5) is 0. The van der Waals surface area contributed by atoms with Crippen LogP contribution >= 0.6 is 0 Å². The van der Waals surface area contributed by atoms with E-state index < -0.39 is 20.9 Å². The maximum absolute atomic E-state index is 11.3. The summed E-state index contributed by atoms with van der Waals surface area (Å²) in [6.07, 6.45) is 1.40. The molecular weight excluding hydrogens is 216 g/mol. The Morgan fingerprint density at radius 1 is 1.47 bits per heavy atom. The topological polar surface area (TPSA) is 106 Å². The minimum absolute atomic E-state index is 0.489. The molecule has 0 spiro atoms. The monoisotopic (exact) mass is 232 g/mol. The lowest BCUT2D eigenvalue weighted by Crippen LogP contribution is -2.53. The predicted molar refractivity (Wildman–Crippen MR) is 58.6 cm³/mol. The van der Waals surface area contributed by atoms with Crippen molar-refractivity contribution in [3.63, 3.8) is 0 Å². The van der Waals surface area contributed by atoms with Crippen LogP contribution in [-0.4, -0.2) is 23.8 Å². The van der Waals surface area contributed by atoms with E-state index in [4.69, 9.17) is 11.5 Å². The molecule has 1 aliphatic carbocycles. The first-order chi connectivity index (χ1) is 6.61. The van der Waals surface area contributed by atoms with Gasteiger partial charge in [0, 0.05) is 5.70 Å². The zero-order chi connectivity index (χ0) is 12.0. The Kier molecular flexibility index (Phi) is 2.71. The third-order valence-corrected chi connectivity index (χ3v) is 4.48. The van der Waals surface area contributed by atoms with Crippen molar-refractivity contribution in [3.8, 4) is 0 Å². The highest BCUT2D eigenvalue weighted by Gasteiger charge is 2.45. The SMILES string of the molecule is CC1=CC(C)(S(=O)(=O)O)C(N)C(C)=C1N. The average Bonchev–Trinajstić information content (AvgIpc) is 2.10. The van der Waals surface area contributed by atoms with E-state index in [-0.39, 0.29) is 0 Å². The molecule has 1 aliphatic rings. The van der Waals surface area contributed by atoms with E-state index >= 15 is 0 Å². The molecule has 5 nitrogen and oxygen atoms in total. The van der Waals surface area contributed by atoms with E-state index in [9.17, 15) is 13.0 Å². The first kappa shape index (κ1) is 12.2. The van der Waals surface area contributed by atoms with Gasteiger partial charge in [-0.05, 0) is 31.9 Å². The summed E-state index contributed by atoms with van der Waals surface area (Å²) in [6.45, 7) is 4.74. The van der Waals surface area contributed by atoms with Crippen molar-refractivity contribution < 1.29 is 13.0 Å². The Morgan fingerprint density at radius 3 is 2.33 bits per heavy atom. The van der Waals surface area contributed by atoms with Crippen LogP contribution in [0.4, 0.5) is 0 Å². The average molecular weight is 232 g/mol. The number of hydrogen-bond acceptors (Lipinski definition) is 4. The van der Waals surface area contributed by atoms with Gasteiger partial charge in [0.1, 0.15) is 4.75 Å². The van der Waals surface area contributed by atoms with Crippen LogP contribution in [0, 0.1) is 0 Å². The van der Waals surface area contributed by atoms with Crippen LogP contribution in [0.25, 0.3) is 0 Å². The Hall–Kier alpha value is -0.850. The fourth-order valence-electron chi connectivity index (χ4n) is 1.74. The van der Waals surface area contributed by atoms with Gasteiger partial charge in [-0.25, -0.2) is 0 Å². The van der Waals surface area contributed by atoms with E-state index in [0.29, 0.717) is 16.8 Å². The van der Waals surface area contributed by atoms with E-state index in [2.05, 4.69) is 0 Å². The van der Waals surface area contributed by atoms with Crippen LogP contribution in [0.3, 0.4) is 0 Å². The molecule has 0 amide bonds. The van der Waals surface area contributed by atoms with Gasteiger partial charge in [-0.1, -0.05) is 6.08 Å². The van der Waals surface area contributed by atoms with E-state index in [0.717, 1.165) is 0 Å². The molecule has 0 aliphatic heterocycles. The first-order valence-electron chi connectivity index (χ1n) is 4.50. The molecule has 0 aromatic heterocycles. The molecule has 86 valence electrons. The zero-order valence-electron chi connectivity index (χ0n) is 8.98. The zero-order valence-corrected chi connectivity index (χ0v) is 9.80. The number of allylic oxidation sites excluding steroid dienone is 1. The molecule has 0 bridgehead atoms. The Bertz CT molecular complexity index is 450. The van der Waals surface area contributed by atoms with E-state index in [1.54, 1.807) is 13.8 Å². The summed E-state index contributed by atoms with van der Waals surface area (Å²) in [6, 6.07) is -0.823. The van der Waals surface area contributed by atoms with Gasteiger partial charge in [-0.3, -0.25) is 4.55 Å². The van der Waals surface area contributed by atoms with Crippen molar-refractivity contribution in [2.75, 3.05) is 0 Å². The molecule has 6 heteroatoms. The Labute approximate surface area is 89.6 Å². The third kappa shape index (κ3) is 1.68. The van der Waals surface area contributed by atoms with Crippen molar-refractivity contribution in [3.05, 3.63) is 22.9 Å². The molecule has 0 heterocycles. The highest BCUT2D eigenvalue weighted by Crippen LogP contribution is 2.33. The fourth-order valence-corrected chi connectivity index (χ4v) is 2.56. The lowest BCUT2D eigenvalue weighted by atomic mass is 9.85. The first-order valence-corrected chi connectivity index (χ1v) is 5.94. The van der Waals surface area contributed by atoms with Crippen molar-refractivity contribution in [1.29, 1.82) is 0 Å². The highest BCUT2D eigenvalue weighted by atomic mass is 32.2. The summed E-state index contributed by atoms with van der Waals surface area (Å²) < 4.78 is 30.2. The quantitative estimate of drug-likeness (QED) is 0.558. The molecule has 0 aromatic carbocycles. The normalized spacial score (nSPS) is 32.9. The minimum atomic E-state index is -4.25. The summed E-state index contributed by atoms with van der Waals surface area (Å²) >= 11 is 0. The number of rotatable bonds is 1. The highest BCUT2D eigenvalue weighted by molar-refractivity contribution is 7.87. The number of hydrogen-bond donors (Lipinski definition) is 3. The Balaban J connectivity index is 3.43. The molecule has 0 aromatic rings. The molecule has 2 unspecified atom stereocenters. The maximum Gasteiger partial charge on any atom is 0.275 e. The molecule has 5 N–H and O–H groups in total. The minimum Gasteiger partial charge on any atom is -0.399 e. The molecular formula is C9H16N2O3S. The lowest BCUT2D eigenvalue weighted by Gasteiger charge is -2.35. The van der Waals surface area contributed by atoms with Gasteiger partial charge in [0.05, 0.1) is 6.04 Å². The lowest BCUT2D eigenvalue weighted by molar-refractivity contribution is 0.436. The standard InChI is InChI=1S/C9H16N2O3S/c1-5-4-9(3,15(12,13)14)8(11)6(2)7(5)10/h4,8H,10-11H2,1-3H3,(H,12,13,14). The molecule has 0 saturated carbocycles. The second-order valence-electron chi connectivity index (χ2n) is 4.06. The Morgan fingerprint density at radius 2 is 1.93 bits per heavy atom. The molecule has 0 radical (unpaired) electrons. The van der Waals surface area contributed by atoms with Crippen LogP contribution in [0.2, 0.25) is 0 Å². The van der Waals surface area contributed by atoms with Gasteiger partial charge in [-0.2, -0.15) is 8.42 Å². The molecule has 1 rings (SSSR count). The summed E-state index contributed by atoms with van der Waals surface area (Å²) in [5.74, 6) is 0. The van der Waals surface area contributed by atoms with Crippen molar-refractivity contribution in [1.82, 2.24) is 0 Å². The smallest absolute Gasteiger partial charge is 0.275 e. The molecule has 15 heavy (non-hydrogen) atoms. The largest absolute Gasteiger partial charge is 0.399 e. The second-order valence-corrected chi connectivity index (χ2v) is 5.89. The molecule has 2 atom stereocenters. The van der Waals surface area contributed by atoms with Crippen molar-refractivity contribution >= 4 is 10.1 Å². The van der Waals surface area contributed by atoms with E-state index in [1.165, 1.54) is 13.0 Å². The fraction of sp³-hybridized carbons (Fsp3) is 0.556. The third-order valence-electron chi connectivity index (χ3n) is 2.99. The molecule has 0 fully saturated rings. The van der Waals surface area contributed by atoms with Gasteiger partial charge < -0.3 is 11.5 Å².